The summed E-state index contributed by atoms with van der Waals surface area (Å²) in [5.74, 6) is -0.705. The van der Waals surface area contributed by atoms with Gasteiger partial charge in [0.25, 0.3) is 0 Å². The Morgan fingerprint density at radius 2 is 1.80 bits per heavy atom. The second kappa shape index (κ2) is 13.3. The molecule has 0 spiro atoms. The highest BCUT2D eigenvalue weighted by Gasteiger charge is 2.31. The molecule has 0 saturated carbocycles. The van der Waals surface area contributed by atoms with Gasteiger partial charge in [-0.3, -0.25) is 4.57 Å². The van der Waals surface area contributed by atoms with Crippen molar-refractivity contribution in [1.82, 2.24) is 24.6 Å². The number of rotatable bonds is 8. The average Bonchev–Trinajstić information content (AvgIpc) is 3.64. The molecule has 3 aromatic carbocycles. The number of halogens is 4. The van der Waals surface area contributed by atoms with Crippen LogP contribution in [0.1, 0.15) is 35.7 Å². The van der Waals surface area contributed by atoms with E-state index < -0.39 is 18.2 Å². The Morgan fingerprint density at radius 1 is 1.07 bits per heavy atom. The van der Waals surface area contributed by atoms with Crippen LogP contribution in [0, 0.1) is 13.8 Å². The number of carbonyl (C=O) groups excluding carboxylic acids is 1. The third-order valence-corrected chi connectivity index (χ3v) is 7.59. The van der Waals surface area contributed by atoms with Crippen LogP contribution < -0.4 is 14.9 Å². The Hall–Kier alpha value is -5.04. The number of hydrogen-bond donors (Lipinski definition) is 1. The first-order valence-corrected chi connectivity index (χ1v) is 14.8. The molecule has 232 valence electrons. The third kappa shape index (κ3) is 7.73. The number of nitrogens with zero attached hydrogens (tertiary/aromatic N) is 5. The second-order valence-electron chi connectivity index (χ2n) is 10.1. The van der Waals surface area contributed by atoms with Crippen LogP contribution in [0.3, 0.4) is 0 Å². The summed E-state index contributed by atoms with van der Waals surface area (Å²) in [6.07, 6.45) is -0.563. The third-order valence-electron chi connectivity index (χ3n) is 6.65. The van der Waals surface area contributed by atoms with Gasteiger partial charge in [-0.05, 0) is 61.7 Å². The fourth-order valence-corrected chi connectivity index (χ4v) is 5.42. The van der Waals surface area contributed by atoms with Crippen molar-refractivity contribution in [3.8, 4) is 28.5 Å². The van der Waals surface area contributed by atoms with E-state index in [9.17, 15) is 22.4 Å². The molecule has 0 aliphatic heterocycles. The van der Waals surface area contributed by atoms with Gasteiger partial charge in [0.15, 0.2) is 10.6 Å². The summed E-state index contributed by atoms with van der Waals surface area (Å²) in [6, 6.07) is 16.9. The number of nitrogens with one attached hydrogen (secondary N) is 1. The Bertz CT molecular complexity index is 1910. The summed E-state index contributed by atoms with van der Waals surface area (Å²) in [5, 5.41) is 8.67. The molecule has 2 aromatic heterocycles. The lowest BCUT2D eigenvalue weighted by Gasteiger charge is -2.13. The second-order valence-corrected chi connectivity index (χ2v) is 10.9. The first-order valence-electron chi connectivity index (χ1n) is 13.9. The van der Waals surface area contributed by atoms with Gasteiger partial charge in [-0.2, -0.15) is 4.99 Å². The number of benzene rings is 3. The molecule has 0 aliphatic carbocycles. The highest BCUT2D eigenvalue weighted by atomic mass is 32.1. The molecule has 0 bridgehead atoms. The van der Waals surface area contributed by atoms with Crippen molar-refractivity contribution in [1.29, 1.82) is 0 Å². The average molecular weight is 637 g/mol. The first-order chi connectivity index (χ1) is 21.5. The van der Waals surface area contributed by atoms with Crippen molar-refractivity contribution in [2.75, 3.05) is 0 Å². The number of urea groups is 1. The van der Waals surface area contributed by atoms with Crippen molar-refractivity contribution in [3.05, 3.63) is 112 Å². The Morgan fingerprint density at radius 3 is 2.49 bits per heavy atom. The Balaban J connectivity index is 1.27. The number of thiazole rings is 1. The van der Waals surface area contributed by atoms with E-state index in [0.717, 1.165) is 41.5 Å². The highest BCUT2D eigenvalue weighted by molar-refractivity contribution is 7.07. The monoisotopic (exact) mass is 636 g/mol. The van der Waals surface area contributed by atoms with Gasteiger partial charge < -0.3 is 10.1 Å². The molecule has 0 unspecified atom stereocenters. The van der Waals surface area contributed by atoms with Crippen LogP contribution >= 0.6 is 11.3 Å². The lowest BCUT2D eigenvalue weighted by atomic mass is 10.1. The first kappa shape index (κ1) is 31.4. The molecule has 1 N–H and O–H groups in total. The van der Waals surface area contributed by atoms with E-state index in [1.54, 1.807) is 12.1 Å². The largest absolute Gasteiger partial charge is 0.573 e. The van der Waals surface area contributed by atoms with Crippen LogP contribution in [-0.4, -0.2) is 31.7 Å². The number of hydrogen-bond acceptors (Lipinski definition) is 5. The molecule has 0 aliphatic rings. The quantitative estimate of drug-likeness (QED) is 0.176. The number of ether oxygens (including phenoxy) is 1. The minimum absolute atomic E-state index is 0.213. The summed E-state index contributed by atoms with van der Waals surface area (Å²) < 4.78 is 59.4. The molecule has 0 atom stereocenters. The summed E-state index contributed by atoms with van der Waals surface area (Å²) in [7, 11) is 0. The van der Waals surface area contributed by atoms with Gasteiger partial charge in [0, 0.05) is 28.4 Å². The van der Waals surface area contributed by atoms with Gasteiger partial charge in [0.2, 0.25) is 0 Å². The zero-order valence-corrected chi connectivity index (χ0v) is 25.3. The van der Waals surface area contributed by atoms with Gasteiger partial charge in [-0.25, -0.2) is 18.9 Å². The molecule has 5 rings (SSSR count). The van der Waals surface area contributed by atoms with E-state index in [2.05, 4.69) is 50.3 Å². The van der Waals surface area contributed by atoms with Gasteiger partial charge >= 0.3 is 12.4 Å². The van der Waals surface area contributed by atoms with Gasteiger partial charge in [0.05, 0.1) is 11.4 Å². The number of alkyl halides is 3. The van der Waals surface area contributed by atoms with Crippen molar-refractivity contribution >= 4 is 23.2 Å². The lowest BCUT2D eigenvalue weighted by molar-refractivity contribution is -0.274. The molecule has 8 nitrogen and oxygen atoms in total. The van der Waals surface area contributed by atoms with E-state index in [0.29, 0.717) is 21.9 Å². The van der Waals surface area contributed by atoms with Crippen LogP contribution in [0.25, 0.3) is 28.6 Å². The molecule has 2 amide bonds. The normalized spacial score (nSPS) is 12.4. The van der Waals surface area contributed by atoms with Crippen molar-refractivity contribution < 1.29 is 27.1 Å². The van der Waals surface area contributed by atoms with Crippen LogP contribution in [0.2, 0.25) is 0 Å². The number of amides is 2. The number of aromatic nitrogens is 4. The maximum Gasteiger partial charge on any atom is 0.573 e. The molecule has 2 heterocycles. The Labute approximate surface area is 260 Å². The van der Waals surface area contributed by atoms with Gasteiger partial charge in [-0.15, -0.1) is 29.6 Å². The zero-order valence-electron chi connectivity index (χ0n) is 24.5. The molecule has 0 saturated heterocycles. The van der Waals surface area contributed by atoms with Gasteiger partial charge in [-0.1, -0.05) is 49.7 Å². The molecular weight excluding hydrogens is 608 g/mol. The van der Waals surface area contributed by atoms with E-state index in [1.807, 2.05) is 23.8 Å². The fourth-order valence-electron chi connectivity index (χ4n) is 4.55. The maximum atomic E-state index is 14.9. The van der Waals surface area contributed by atoms with Crippen molar-refractivity contribution in [2.24, 2.45) is 4.99 Å². The van der Waals surface area contributed by atoms with Crippen LogP contribution in [0.15, 0.2) is 89.6 Å². The lowest BCUT2D eigenvalue weighted by Crippen LogP contribution is -2.22. The van der Waals surface area contributed by atoms with Crippen molar-refractivity contribution in [2.45, 2.75) is 40.0 Å². The predicted octanol–water partition coefficient (Wildman–Crippen LogP) is 7.83. The smallest absolute Gasteiger partial charge is 0.406 e. The molecule has 13 heteroatoms. The summed E-state index contributed by atoms with van der Waals surface area (Å²) in [5.41, 5.74) is 5.41. The van der Waals surface area contributed by atoms with Crippen LogP contribution in [0.5, 0.6) is 5.75 Å². The molecule has 0 fully saturated rings. The molecular formula is C32H28F4N6O2S. The van der Waals surface area contributed by atoms with E-state index in [1.165, 1.54) is 58.7 Å². The fraction of sp³-hybridized carbons (Fsp3) is 0.188. The SMILES string of the molecule is CCCc1ccc(C)cc1-n1c(C)cs/c1=N\C(=O)N/C=C(\F)c1ccc(-c2ncn(-c3ccc(OC(F)(F)F)cc3)n2)cc1. The van der Waals surface area contributed by atoms with Crippen LogP contribution in [0.4, 0.5) is 22.4 Å². The van der Waals surface area contributed by atoms with E-state index in [-0.39, 0.29) is 11.3 Å². The molecule has 0 radical (unpaired) electrons. The summed E-state index contributed by atoms with van der Waals surface area (Å²) in [4.78, 5) is 21.6. The summed E-state index contributed by atoms with van der Waals surface area (Å²) >= 11 is 1.33. The zero-order chi connectivity index (χ0) is 32.1. The highest BCUT2D eigenvalue weighted by Crippen LogP contribution is 2.25. The standard InChI is InChI=1S/C32H28F4N6O2S/c1-4-5-23-7-6-20(2)16-28(23)42-21(3)18-45-31(42)39-30(43)37-17-27(33)22-8-10-24(11-9-22)29-38-19-41(40-29)25-12-14-26(15-13-25)44-32(34,35)36/h6-19H,4-5H2,1-3H3,(H,37,43)/b27-17-,39-31-. The maximum absolute atomic E-state index is 14.9. The Kier molecular flexibility index (Phi) is 9.28. The predicted molar refractivity (Wildman–Crippen MR) is 164 cm³/mol. The van der Waals surface area contributed by atoms with Gasteiger partial charge in [0.1, 0.15) is 17.9 Å². The number of carbonyl (C=O) groups is 1. The van der Waals surface area contributed by atoms with Crippen LogP contribution in [-0.2, 0) is 6.42 Å². The molecule has 45 heavy (non-hydrogen) atoms. The number of aryl methyl sites for hydroxylation is 3. The van der Waals surface area contributed by atoms with E-state index in [4.69, 9.17) is 0 Å². The van der Waals surface area contributed by atoms with E-state index >= 15 is 0 Å². The minimum atomic E-state index is -4.78. The summed E-state index contributed by atoms with van der Waals surface area (Å²) in [6.45, 7) is 6.07. The molecule has 5 aromatic rings. The minimum Gasteiger partial charge on any atom is -0.406 e. The topological polar surface area (TPSA) is 86.3 Å². The van der Waals surface area contributed by atoms with Crippen molar-refractivity contribution in [3.63, 3.8) is 0 Å².